The topological polar surface area (TPSA) is 43.1 Å². The molecule has 4 aromatic rings. The lowest BCUT2D eigenvalue weighted by molar-refractivity contribution is 0.784. The monoisotopic (exact) mass is 442 g/mol. The van der Waals surface area contributed by atoms with Gasteiger partial charge < -0.3 is 4.90 Å². The van der Waals surface area contributed by atoms with Crippen molar-refractivity contribution in [2.24, 2.45) is 0 Å². The average molecular weight is 443 g/mol. The number of anilines is 1. The van der Waals surface area contributed by atoms with Crippen molar-refractivity contribution in [2.45, 2.75) is 13.8 Å². The van der Waals surface area contributed by atoms with Crippen molar-refractivity contribution in [3.8, 4) is 11.4 Å². The maximum atomic E-state index is 13.6. The van der Waals surface area contributed by atoms with Gasteiger partial charge in [-0.05, 0) is 62.5 Å². The Labute approximate surface area is 182 Å². The summed E-state index contributed by atoms with van der Waals surface area (Å²) in [4.78, 5) is 20.6. The van der Waals surface area contributed by atoms with E-state index in [4.69, 9.17) is 28.8 Å². The van der Waals surface area contributed by atoms with Gasteiger partial charge in [-0.3, -0.25) is 9.36 Å². The number of halogens is 1. The minimum Gasteiger partial charge on any atom is -0.342 e. The van der Waals surface area contributed by atoms with Crippen molar-refractivity contribution in [1.29, 1.82) is 0 Å². The molecular weight excluding hydrogens is 424 g/mol. The number of nitrogens with zero attached hydrogens (tertiary/aromatic N) is 4. The number of hydrogen-bond donors (Lipinski definition) is 0. The highest BCUT2D eigenvalue weighted by molar-refractivity contribution is 7.73. The molecule has 4 rings (SSSR count). The van der Waals surface area contributed by atoms with Crippen molar-refractivity contribution in [3.63, 3.8) is 0 Å². The average Bonchev–Trinajstić information content (AvgIpc) is 3.07. The molecule has 29 heavy (non-hydrogen) atoms. The number of hydrogen-bond acceptors (Lipinski definition) is 5. The highest BCUT2D eigenvalue weighted by atomic mass is 35.5. The van der Waals surface area contributed by atoms with Gasteiger partial charge in [0.15, 0.2) is 9.60 Å². The van der Waals surface area contributed by atoms with Crippen LogP contribution in [0.5, 0.6) is 0 Å². The Morgan fingerprint density at radius 3 is 2.24 bits per heavy atom. The number of thiazole rings is 1. The van der Waals surface area contributed by atoms with Crippen LogP contribution < -0.4 is 10.5 Å². The summed E-state index contributed by atoms with van der Waals surface area (Å²) in [6.07, 6.45) is 0. The Morgan fingerprint density at radius 1 is 1.00 bits per heavy atom. The molecule has 2 heterocycles. The van der Waals surface area contributed by atoms with Crippen LogP contribution >= 0.6 is 35.2 Å². The molecule has 0 radical (unpaired) electrons. The maximum Gasteiger partial charge on any atom is 0.279 e. The molecule has 0 atom stereocenters. The summed E-state index contributed by atoms with van der Waals surface area (Å²) in [5.74, 6) is 0.590. The molecular formula is C21H19ClN4OS2. The second kappa shape index (κ2) is 8.10. The van der Waals surface area contributed by atoms with E-state index >= 15 is 0 Å². The van der Waals surface area contributed by atoms with E-state index < -0.39 is 0 Å². The van der Waals surface area contributed by atoms with E-state index in [1.54, 1.807) is 16.7 Å². The Morgan fingerprint density at radius 2 is 1.62 bits per heavy atom. The lowest BCUT2D eigenvalue weighted by Gasteiger charge is -2.23. The molecule has 0 aliphatic carbocycles. The Bertz CT molecular complexity index is 1270. The van der Waals surface area contributed by atoms with Gasteiger partial charge in [0.1, 0.15) is 4.70 Å². The molecule has 8 heteroatoms. The van der Waals surface area contributed by atoms with E-state index in [1.807, 2.05) is 60.9 Å². The lowest BCUT2D eigenvalue weighted by atomic mass is 10.3. The van der Waals surface area contributed by atoms with E-state index in [1.165, 1.54) is 11.3 Å². The zero-order valence-electron chi connectivity index (χ0n) is 16.0. The lowest BCUT2D eigenvalue weighted by Crippen LogP contribution is -2.32. The SMILES string of the molecule is CCN(CC)c1nc2c(sc(=S)n2-c2ccccc2)c(=O)n1-c1ccc(Cl)cc1. The molecule has 0 unspecified atom stereocenters. The van der Waals surface area contributed by atoms with Crippen LogP contribution in [-0.2, 0) is 0 Å². The summed E-state index contributed by atoms with van der Waals surface area (Å²) in [5.41, 5.74) is 2.07. The number of para-hydroxylation sites is 1. The number of aromatic nitrogens is 3. The fourth-order valence-electron chi connectivity index (χ4n) is 3.29. The summed E-state index contributed by atoms with van der Waals surface area (Å²) in [7, 11) is 0. The largest absolute Gasteiger partial charge is 0.342 e. The molecule has 0 aliphatic rings. The number of fused-ring (bicyclic) bond motifs is 1. The summed E-state index contributed by atoms with van der Waals surface area (Å²) in [6.45, 7) is 5.53. The van der Waals surface area contributed by atoms with Crippen LogP contribution in [0.4, 0.5) is 5.95 Å². The van der Waals surface area contributed by atoms with Gasteiger partial charge in [-0.2, -0.15) is 4.98 Å². The second-order valence-corrected chi connectivity index (χ2v) is 8.47. The summed E-state index contributed by atoms with van der Waals surface area (Å²) in [5, 5.41) is 0.617. The molecule has 0 saturated carbocycles. The molecule has 0 N–H and O–H groups in total. The molecule has 148 valence electrons. The normalized spacial score (nSPS) is 11.1. The van der Waals surface area contributed by atoms with Gasteiger partial charge in [0.2, 0.25) is 5.95 Å². The highest BCUT2D eigenvalue weighted by Gasteiger charge is 2.21. The molecule has 0 bridgehead atoms. The van der Waals surface area contributed by atoms with Crippen LogP contribution in [0.3, 0.4) is 0 Å². The predicted molar refractivity (Wildman–Crippen MR) is 124 cm³/mol. The smallest absolute Gasteiger partial charge is 0.279 e. The molecule has 0 saturated heterocycles. The van der Waals surface area contributed by atoms with E-state index in [2.05, 4.69) is 4.90 Å². The van der Waals surface area contributed by atoms with E-state index in [0.717, 1.165) is 24.5 Å². The van der Waals surface area contributed by atoms with Gasteiger partial charge in [-0.25, -0.2) is 4.57 Å². The standard InChI is InChI=1S/C21H19ClN4OS2/c1-3-24(4-2)20-23-18-17(19(27)26(20)16-12-10-14(22)11-13-16)29-21(28)25(18)15-8-6-5-7-9-15/h5-13H,3-4H2,1-2H3. The van der Waals surface area contributed by atoms with Crippen LogP contribution in [0.25, 0.3) is 21.7 Å². The highest BCUT2D eigenvalue weighted by Crippen LogP contribution is 2.27. The fraction of sp³-hybridized carbons (Fsp3) is 0.190. The number of rotatable bonds is 5. The van der Waals surface area contributed by atoms with E-state index in [-0.39, 0.29) is 5.56 Å². The molecule has 0 amide bonds. The quantitative estimate of drug-likeness (QED) is 0.384. The first-order chi connectivity index (χ1) is 14.0. The van der Waals surface area contributed by atoms with Crippen LogP contribution in [0.2, 0.25) is 5.02 Å². The van der Waals surface area contributed by atoms with E-state index in [9.17, 15) is 4.79 Å². The van der Waals surface area contributed by atoms with Gasteiger partial charge in [0.05, 0.1) is 5.69 Å². The summed E-state index contributed by atoms with van der Waals surface area (Å²) < 4.78 is 4.64. The minimum atomic E-state index is -0.134. The minimum absolute atomic E-state index is 0.134. The second-order valence-electron chi connectivity index (χ2n) is 6.39. The van der Waals surface area contributed by atoms with Gasteiger partial charge >= 0.3 is 0 Å². The van der Waals surface area contributed by atoms with Crippen LogP contribution in [0.15, 0.2) is 59.4 Å². The van der Waals surface area contributed by atoms with Gasteiger partial charge in [-0.15, -0.1) is 0 Å². The fourth-order valence-corrected chi connectivity index (χ4v) is 4.72. The zero-order chi connectivity index (χ0) is 20.5. The van der Waals surface area contributed by atoms with Crippen molar-refractivity contribution in [2.75, 3.05) is 18.0 Å². The first-order valence-corrected chi connectivity index (χ1v) is 10.9. The zero-order valence-corrected chi connectivity index (χ0v) is 18.4. The molecule has 2 aromatic carbocycles. The van der Waals surface area contributed by atoms with Gasteiger partial charge in [0, 0.05) is 23.8 Å². The Kier molecular flexibility index (Phi) is 5.54. The first-order valence-electron chi connectivity index (χ1n) is 9.30. The van der Waals surface area contributed by atoms with Crippen LogP contribution in [0, 0.1) is 3.95 Å². The van der Waals surface area contributed by atoms with Crippen molar-refractivity contribution >= 4 is 51.5 Å². The van der Waals surface area contributed by atoms with Gasteiger partial charge in [-0.1, -0.05) is 41.1 Å². The Hall–Kier alpha value is -2.48. The van der Waals surface area contributed by atoms with Crippen molar-refractivity contribution in [1.82, 2.24) is 14.1 Å². The molecule has 2 aromatic heterocycles. The van der Waals surface area contributed by atoms with Crippen molar-refractivity contribution in [3.05, 3.63) is 73.9 Å². The third-order valence-electron chi connectivity index (χ3n) is 4.74. The molecule has 5 nitrogen and oxygen atoms in total. The summed E-state index contributed by atoms with van der Waals surface area (Å²) in [6, 6.07) is 17.0. The third kappa shape index (κ3) is 3.50. The first kappa shape index (κ1) is 19.8. The molecule has 0 aliphatic heterocycles. The molecule has 0 fully saturated rings. The number of benzene rings is 2. The summed E-state index contributed by atoms with van der Waals surface area (Å²) >= 11 is 12.9. The predicted octanol–water partition coefficient (Wildman–Crippen LogP) is 5.47. The van der Waals surface area contributed by atoms with Gasteiger partial charge in [0.25, 0.3) is 5.56 Å². The molecule has 0 spiro atoms. The maximum absolute atomic E-state index is 13.6. The van der Waals surface area contributed by atoms with Crippen molar-refractivity contribution < 1.29 is 0 Å². The van der Waals surface area contributed by atoms with E-state index in [0.29, 0.717) is 25.3 Å². The Balaban J connectivity index is 2.10. The van der Waals surface area contributed by atoms with Crippen LogP contribution in [0.1, 0.15) is 13.8 Å². The van der Waals surface area contributed by atoms with Crippen LogP contribution in [-0.4, -0.2) is 27.2 Å². The third-order valence-corrected chi connectivity index (χ3v) is 6.34.